The van der Waals surface area contributed by atoms with Gasteiger partial charge in [0, 0.05) is 29.1 Å². The first-order valence-corrected chi connectivity index (χ1v) is 11.5. The summed E-state index contributed by atoms with van der Waals surface area (Å²) in [6.45, 7) is 0.390. The lowest BCUT2D eigenvalue weighted by atomic mass is 10.1. The normalized spacial score (nSPS) is 17.3. The number of carbonyl (C=O) groups excluding carboxylic acids is 3. The Bertz CT molecular complexity index is 1210. The molecule has 1 saturated heterocycles. The summed E-state index contributed by atoms with van der Waals surface area (Å²) in [6, 6.07) is 21.7. The molecular weight excluding hydrogens is 438 g/mol. The zero-order valence-electron chi connectivity index (χ0n) is 17.6. The first kappa shape index (κ1) is 21.1. The van der Waals surface area contributed by atoms with Gasteiger partial charge in [0.2, 0.25) is 11.8 Å². The molecule has 2 aliphatic heterocycles. The van der Waals surface area contributed by atoms with E-state index < -0.39 is 0 Å². The van der Waals surface area contributed by atoms with Crippen LogP contribution in [0.1, 0.15) is 16.8 Å². The second kappa shape index (κ2) is 8.99. The summed E-state index contributed by atoms with van der Waals surface area (Å²) in [4.78, 5) is 39.6. The second-order valence-electron chi connectivity index (χ2n) is 7.84. The lowest BCUT2D eigenvalue weighted by Gasteiger charge is -2.19. The highest BCUT2D eigenvalue weighted by Crippen LogP contribution is 2.32. The van der Waals surface area contributed by atoms with E-state index in [1.54, 1.807) is 17.0 Å². The van der Waals surface area contributed by atoms with Crippen molar-refractivity contribution in [1.29, 1.82) is 0 Å². The van der Waals surface area contributed by atoms with Crippen molar-refractivity contribution in [2.24, 2.45) is 0 Å². The molecule has 2 heterocycles. The van der Waals surface area contributed by atoms with E-state index in [9.17, 15) is 14.4 Å². The molecule has 0 radical (unpaired) electrons. The maximum atomic E-state index is 12.8. The van der Waals surface area contributed by atoms with E-state index in [1.165, 1.54) is 11.8 Å². The number of nitrogens with one attached hydrogen (secondary N) is 2. The van der Waals surface area contributed by atoms with Crippen LogP contribution in [0.2, 0.25) is 0 Å². The lowest BCUT2D eigenvalue weighted by molar-refractivity contribution is -0.117. The molecule has 7 nitrogen and oxygen atoms in total. The van der Waals surface area contributed by atoms with Crippen molar-refractivity contribution in [1.82, 2.24) is 5.32 Å². The number of hydrogen-bond acceptors (Lipinski definition) is 5. The third-order valence-corrected chi connectivity index (χ3v) is 6.54. The van der Waals surface area contributed by atoms with Crippen molar-refractivity contribution in [3.05, 3.63) is 78.4 Å². The third-order valence-electron chi connectivity index (χ3n) is 5.46. The van der Waals surface area contributed by atoms with E-state index in [2.05, 4.69) is 10.6 Å². The van der Waals surface area contributed by atoms with Gasteiger partial charge in [-0.25, -0.2) is 0 Å². The summed E-state index contributed by atoms with van der Waals surface area (Å²) in [5, 5.41) is 5.73. The first-order valence-electron chi connectivity index (χ1n) is 10.6. The minimum absolute atomic E-state index is 0.0499. The van der Waals surface area contributed by atoms with Crippen molar-refractivity contribution in [3.8, 4) is 11.5 Å². The molecule has 2 aliphatic rings. The largest absolute Gasteiger partial charge is 0.457 e. The molecule has 8 heteroatoms. The third kappa shape index (κ3) is 4.70. The van der Waals surface area contributed by atoms with Crippen molar-refractivity contribution in [2.45, 2.75) is 17.4 Å². The number of nitrogens with zero attached hydrogens (tertiary/aromatic N) is 1. The number of rotatable bonds is 5. The minimum atomic E-state index is -0.301. The molecule has 166 valence electrons. The van der Waals surface area contributed by atoms with Crippen LogP contribution in [0.5, 0.6) is 11.5 Å². The molecule has 33 heavy (non-hydrogen) atoms. The van der Waals surface area contributed by atoms with E-state index in [-0.39, 0.29) is 30.2 Å². The predicted molar refractivity (Wildman–Crippen MR) is 127 cm³/mol. The fourth-order valence-corrected chi connectivity index (χ4v) is 4.65. The highest BCUT2D eigenvalue weighted by Gasteiger charge is 2.32. The highest BCUT2D eigenvalue weighted by atomic mass is 32.2. The Balaban J connectivity index is 1.22. The van der Waals surface area contributed by atoms with Crippen molar-refractivity contribution < 1.29 is 19.1 Å². The van der Waals surface area contributed by atoms with E-state index in [0.717, 1.165) is 16.3 Å². The Labute approximate surface area is 195 Å². The van der Waals surface area contributed by atoms with Crippen LogP contribution in [-0.4, -0.2) is 36.1 Å². The number of para-hydroxylation sites is 1. The monoisotopic (exact) mass is 459 g/mol. The Morgan fingerprint density at radius 2 is 1.76 bits per heavy atom. The summed E-state index contributed by atoms with van der Waals surface area (Å²) in [5.74, 6) is 1.39. The molecule has 5 rings (SSSR count). The van der Waals surface area contributed by atoms with Gasteiger partial charge in [-0.3, -0.25) is 14.4 Å². The fourth-order valence-electron chi connectivity index (χ4n) is 3.87. The molecule has 0 spiro atoms. The summed E-state index contributed by atoms with van der Waals surface area (Å²) in [7, 11) is 0. The topological polar surface area (TPSA) is 87.7 Å². The summed E-state index contributed by atoms with van der Waals surface area (Å²) in [6.07, 6.45) is 0.228. The Kier molecular flexibility index (Phi) is 5.75. The van der Waals surface area contributed by atoms with Gasteiger partial charge in [-0.05, 0) is 54.6 Å². The van der Waals surface area contributed by atoms with Gasteiger partial charge in [-0.15, -0.1) is 11.8 Å². The van der Waals surface area contributed by atoms with Crippen molar-refractivity contribution >= 4 is 40.9 Å². The van der Waals surface area contributed by atoms with Gasteiger partial charge in [0.25, 0.3) is 5.91 Å². The van der Waals surface area contributed by atoms with Gasteiger partial charge < -0.3 is 20.3 Å². The molecule has 3 aromatic carbocycles. The molecular formula is C25H21N3O4S. The smallest absolute Gasteiger partial charge is 0.251 e. The van der Waals surface area contributed by atoms with Crippen LogP contribution in [0.4, 0.5) is 11.4 Å². The van der Waals surface area contributed by atoms with Crippen LogP contribution in [0.25, 0.3) is 0 Å². The SMILES string of the molecule is O=C1CSc2ccc(C(=O)NC3CC(=O)N(c4ccc(Oc5ccccc5)cc4)C3)cc2N1. The fraction of sp³-hybridized carbons (Fsp3) is 0.160. The van der Waals surface area contributed by atoms with Crippen LogP contribution in [-0.2, 0) is 9.59 Å². The van der Waals surface area contributed by atoms with Crippen LogP contribution in [0.15, 0.2) is 77.7 Å². The minimum Gasteiger partial charge on any atom is -0.457 e. The van der Waals surface area contributed by atoms with Gasteiger partial charge >= 0.3 is 0 Å². The van der Waals surface area contributed by atoms with Gasteiger partial charge in [-0.2, -0.15) is 0 Å². The maximum Gasteiger partial charge on any atom is 0.251 e. The molecule has 0 saturated carbocycles. The van der Waals surface area contributed by atoms with Crippen molar-refractivity contribution in [3.63, 3.8) is 0 Å². The van der Waals surface area contributed by atoms with Gasteiger partial charge in [0.15, 0.2) is 0 Å². The Morgan fingerprint density at radius 3 is 2.55 bits per heavy atom. The Morgan fingerprint density at radius 1 is 1.00 bits per heavy atom. The number of anilines is 2. The van der Waals surface area contributed by atoms with Crippen LogP contribution >= 0.6 is 11.8 Å². The standard InChI is InChI=1S/C25H21N3O4S/c29-23-15-33-22-11-6-16(12-21(22)27-23)25(31)26-17-13-24(30)28(14-17)18-7-9-20(10-8-18)32-19-4-2-1-3-5-19/h1-12,17H,13-15H2,(H,26,31)(H,27,29). The van der Waals surface area contributed by atoms with Crippen LogP contribution in [0, 0.1) is 0 Å². The number of fused-ring (bicyclic) bond motifs is 1. The molecule has 1 unspecified atom stereocenters. The molecule has 1 fully saturated rings. The molecule has 3 amide bonds. The molecule has 0 bridgehead atoms. The number of amides is 3. The molecule has 3 aromatic rings. The van der Waals surface area contributed by atoms with Crippen LogP contribution < -0.4 is 20.3 Å². The number of hydrogen-bond donors (Lipinski definition) is 2. The quantitative estimate of drug-likeness (QED) is 0.601. The summed E-state index contributed by atoms with van der Waals surface area (Å²) >= 11 is 1.45. The van der Waals surface area contributed by atoms with E-state index in [0.29, 0.717) is 29.3 Å². The highest BCUT2D eigenvalue weighted by molar-refractivity contribution is 8.00. The van der Waals surface area contributed by atoms with E-state index in [4.69, 9.17) is 4.74 Å². The second-order valence-corrected chi connectivity index (χ2v) is 8.85. The van der Waals surface area contributed by atoms with Crippen LogP contribution in [0.3, 0.4) is 0 Å². The first-order chi connectivity index (χ1) is 16.0. The average Bonchev–Trinajstić information content (AvgIpc) is 3.19. The Hall–Kier alpha value is -3.78. The van der Waals surface area contributed by atoms with E-state index >= 15 is 0 Å². The summed E-state index contributed by atoms with van der Waals surface area (Å²) in [5.41, 5.74) is 1.85. The number of thioether (sulfide) groups is 1. The number of benzene rings is 3. The molecule has 0 aliphatic carbocycles. The number of carbonyl (C=O) groups is 3. The van der Waals surface area contributed by atoms with Gasteiger partial charge in [0.05, 0.1) is 17.5 Å². The molecule has 1 atom stereocenters. The average molecular weight is 460 g/mol. The van der Waals surface area contributed by atoms with E-state index in [1.807, 2.05) is 60.7 Å². The maximum absolute atomic E-state index is 12.8. The molecule has 0 aromatic heterocycles. The zero-order chi connectivity index (χ0) is 22.8. The lowest BCUT2D eigenvalue weighted by Crippen LogP contribution is -2.37. The summed E-state index contributed by atoms with van der Waals surface area (Å²) < 4.78 is 5.80. The zero-order valence-corrected chi connectivity index (χ0v) is 18.4. The predicted octanol–water partition coefficient (Wildman–Crippen LogP) is 4.06. The van der Waals surface area contributed by atoms with Gasteiger partial charge in [-0.1, -0.05) is 18.2 Å². The van der Waals surface area contributed by atoms with Crippen molar-refractivity contribution in [2.75, 3.05) is 22.5 Å². The van der Waals surface area contributed by atoms with Gasteiger partial charge in [0.1, 0.15) is 11.5 Å². The molecule has 2 N–H and O–H groups in total. The number of ether oxygens (including phenoxy) is 1.